The fraction of sp³-hybridized carbons (Fsp3) is 0.269. The number of rotatable bonds is 10. The fourth-order valence-electron chi connectivity index (χ4n) is 3.40. The molecule has 0 aliphatic rings. The Morgan fingerprint density at radius 3 is 2.17 bits per heavy atom. The minimum atomic E-state index is -4.23. The van der Waals surface area contributed by atoms with Crippen LogP contribution in [-0.2, 0) is 16.7 Å². The molecule has 0 unspecified atom stereocenters. The van der Waals surface area contributed by atoms with E-state index >= 15 is 0 Å². The number of hydrogen-bond donors (Lipinski definition) is 0. The summed E-state index contributed by atoms with van der Waals surface area (Å²) in [6.07, 6.45) is 0.723. The number of halogens is 1. The summed E-state index contributed by atoms with van der Waals surface area (Å²) in [7, 11) is -1.28. The Morgan fingerprint density at radius 1 is 0.943 bits per heavy atom. The second-order valence-electron chi connectivity index (χ2n) is 7.90. The largest absolute Gasteiger partial charge is 0.497 e. The zero-order valence-corrected chi connectivity index (χ0v) is 20.8. The van der Waals surface area contributed by atoms with Crippen molar-refractivity contribution in [2.45, 2.75) is 37.8 Å². The van der Waals surface area contributed by atoms with Crippen molar-refractivity contribution >= 4 is 16.0 Å². The highest BCUT2D eigenvalue weighted by Gasteiger charge is 2.23. The van der Waals surface area contributed by atoms with E-state index in [9.17, 15) is 17.6 Å². The van der Waals surface area contributed by atoms with Crippen molar-refractivity contribution in [2.75, 3.05) is 14.2 Å². The first kappa shape index (κ1) is 26.0. The summed E-state index contributed by atoms with van der Waals surface area (Å²) >= 11 is 0. The zero-order valence-electron chi connectivity index (χ0n) is 20.0. The lowest BCUT2D eigenvalue weighted by Gasteiger charge is -2.29. The molecule has 186 valence electrons. The summed E-state index contributed by atoms with van der Waals surface area (Å²) in [5.74, 6) is 0.0942. The standard InChI is InChI=1S/C26H28FNO6S/c1-5-18(2)28(26(29)20-7-11-22(32-3)12-8-20)17-19-6-15-24(33-4)25(16-19)34-35(30,31)23-13-9-21(27)10-14-23/h6-16,18H,5,17H2,1-4H3/t18-/m0/s1. The van der Waals surface area contributed by atoms with Gasteiger partial charge in [-0.3, -0.25) is 4.79 Å². The van der Waals surface area contributed by atoms with Crippen LogP contribution in [-0.4, -0.2) is 39.5 Å². The molecule has 0 fully saturated rings. The maximum atomic E-state index is 13.3. The topological polar surface area (TPSA) is 82.1 Å². The van der Waals surface area contributed by atoms with Crippen LogP contribution in [0.25, 0.3) is 0 Å². The van der Waals surface area contributed by atoms with E-state index < -0.39 is 15.9 Å². The van der Waals surface area contributed by atoms with E-state index in [4.69, 9.17) is 13.7 Å². The number of methoxy groups -OCH3 is 2. The highest BCUT2D eigenvalue weighted by Crippen LogP contribution is 2.32. The Morgan fingerprint density at radius 2 is 1.60 bits per heavy atom. The van der Waals surface area contributed by atoms with Crippen LogP contribution in [0.1, 0.15) is 36.2 Å². The molecule has 0 N–H and O–H groups in total. The molecule has 3 rings (SSSR count). The monoisotopic (exact) mass is 501 g/mol. The number of ether oxygens (including phenoxy) is 2. The molecule has 1 atom stereocenters. The summed E-state index contributed by atoms with van der Waals surface area (Å²) < 4.78 is 54.5. The van der Waals surface area contributed by atoms with Crippen LogP contribution in [0, 0.1) is 5.82 Å². The second kappa shape index (κ2) is 11.2. The minimum Gasteiger partial charge on any atom is -0.497 e. The quantitative estimate of drug-likeness (QED) is 0.362. The van der Waals surface area contributed by atoms with E-state index in [1.54, 1.807) is 48.4 Å². The van der Waals surface area contributed by atoms with Gasteiger partial charge in [0.1, 0.15) is 16.5 Å². The fourth-order valence-corrected chi connectivity index (χ4v) is 4.33. The van der Waals surface area contributed by atoms with Gasteiger partial charge in [-0.05, 0) is 79.6 Å². The van der Waals surface area contributed by atoms with Gasteiger partial charge in [-0.25, -0.2) is 4.39 Å². The molecule has 0 heterocycles. The number of carbonyl (C=O) groups excluding carboxylic acids is 1. The molecular formula is C26H28FNO6S. The van der Waals surface area contributed by atoms with Gasteiger partial charge in [0.2, 0.25) is 0 Å². The van der Waals surface area contributed by atoms with Crippen LogP contribution in [0.5, 0.6) is 17.2 Å². The molecule has 1 amide bonds. The predicted octanol–water partition coefficient (Wildman–Crippen LogP) is 5.05. The van der Waals surface area contributed by atoms with Gasteiger partial charge in [0.15, 0.2) is 11.5 Å². The van der Waals surface area contributed by atoms with E-state index in [0.717, 1.165) is 30.7 Å². The van der Waals surface area contributed by atoms with Crippen LogP contribution in [0.4, 0.5) is 4.39 Å². The molecular weight excluding hydrogens is 473 g/mol. The molecule has 0 aliphatic heterocycles. The summed E-state index contributed by atoms with van der Waals surface area (Å²) in [6.45, 7) is 4.15. The molecule has 0 radical (unpaired) electrons. The molecule has 3 aromatic rings. The summed E-state index contributed by atoms with van der Waals surface area (Å²) in [5, 5.41) is 0. The Hall–Kier alpha value is -3.59. The normalized spacial score (nSPS) is 12.0. The molecule has 0 aliphatic carbocycles. The number of nitrogens with zero attached hydrogens (tertiary/aromatic N) is 1. The van der Waals surface area contributed by atoms with E-state index in [0.29, 0.717) is 16.9 Å². The average molecular weight is 502 g/mol. The van der Waals surface area contributed by atoms with Crippen LogP contribution in [0.15, 0.2) is 71.6 Å². The van der Waals surface area contributed by atoms with Gasteiger partial charge < -0.3 is 18.6 Å². The first-order valence-corrected chi connectivity index (χ1v) is 12.4. The van der Waals surface area contributed by atoms with Crippen LogP contribution < -0.4 is 13.7 Å². The first-order chi connectivity index (χ1) is 16.7. The number of hydrogen-bond acceptors (Lipinski definition) is 6. The molecule has 3 aromatic carbocycles. The van der Waals surface area contributed by atoms with Crippen molar-refractivity contribution in [2.24, 2.45) is 0 Å². The van der Waals surface area contributed by atoms with Crippen molar-refractivity contribution in [3.8, 4) is 17.2 Å². The van der Waals surface area contributed by atoms with Crippen molar-refractivity contribution in [1.29, 1.82) is 0 Å². The molecule has 7 nitrogen and oxygen atoms in total. The lowest BCUT2D eigenvalue weighted by Crippen LogP contribution is -2.37. The Kier molecular flexibility index (Phi) is 8.34. The highest BCUT2D eigenvalue weighted by atomic mass is 32.2. The Balaban J connectivity index is 1.90. The zero-order chi connectivity index (χ0) is 25.6. The smallest absolute Gasteiger partial charge is 0.339 e. The van der Waals surface area contributed by atoms with Gasteiger partial charge in [0.05, 0.1) is 14.2 Å². The van der Waals surface area contributed by atoms with Gasteiger partial charge in [0, 0.05) is 18.2 Å². The Labute approximate surface area is 205 Å². The third kappa shape index (κ3) is 6.30. The predicted molar refractivity (Wildman–Crippen MR) is 130 cm³/mol. The maximum absolute atomic E-state index is 13.3. The third-order valence-electron chi connectivity index (χ3n) is 5.60. The van der Waals surface area contributed by atoms with Crippen LogP contribution >= 0.6 is 0 Å². The minimum absolute atomic E-state index is 0.0321. The molecule has 9 heteroatoms. The SMILES string of the molecule is CC[C@H](C)N(Cc1ccc(OC)c(OS(=O)(=O)c2ccc(F)cc2)c1)C(=O)c1ccc(OC)cc1. The lowest BCUT2D eigenvalue weighted by molar-refractivity contribution is 0.0671. The molecule has 0 saturated heterocycles. The van der Waals surface area contributed by atoms with E-state index in [1.165, 1.54) is 13.2 Å². The van der Waals surface area contributed by atoms with Crippen LogP contribution in [0.3, 0.4) is 0 Å². The summed E-state index contributed by atoms with van der Waals surface area (Å²) in [6, 6.07) is 15.9. The highest BCUT2D eigenvalue weighted by molar-refractivity contribution is 7.87. The van der Waals surface area contributed by atoms with Gasteiger partial charge in [-0.2, -0.15) is 8.42 Å². The second-order valence-corrected chi connectivity index (χ2v) is 9.44. The van der Waals surface area contributed by atoms with Gasteiger partial charge in [-0.1, -0.05) is 13.0 Å². The van der Waals surface area contributed by atoms with Crippen molar-refractivity contribution in [3.63, 3.8) is 0 Å². The molecule has 0 saturated carbocycles. The Bertz CT molecular complexity index is 1260. The number of amides is 1. The van der Waals surface area contributed by atoms with Crippen molar-refractivity contribution < 1.29 is 31.3 Å². The van der Waals surface area contributed by atoms with Crippen molar-refractivity contribution in [3.05, 3.63) is 83.7 Å². The number of benzene rings is 3. The molecule has 0 aromatic heterocycles. The number of carbonyl (C=O) groups is 1. The van der Waals surface area contributed by atoms with Gasteiger partial charge in [-0.15, -0.1) is 0 Å². The van der Waals surface area contributed by atoms with E-state index in [-0.39, 0.29) is 34.9 Å². The molecule has 0 spiro atoms. The van der Waals surface area contributed by atoms with Gasteiger partial charge in [0.25, 0.3) is 5.91 Å². The van der Waals surface area contributed by atoms with Crippen molar-refractivity contribution in [1.82, 2.24) is 4.90 Å². The average Bonchev–Trinajstić information content (AvgIpc) is 2.86. The molecule has 35 heavy (non-hydrogen) atoms. The van der Waals surface area contributed by atoms with E-state index in [1.807, 2.05) is 13.8 Å². The summed E-state index contributed by atoms with van der Waals surface area (Å²) in [4.78, 5) is 14.8. The third-order valence-corrected chi connectivity index (χ3v) is 6.85. The first-order valence-electron chi connectivity index (χ1n) is 11.0. The summed E-state index contributed by atoms with van der Waals surface area (Å²) in [5.41, 5.74) is 1.16. The van der Waals surface area contributed by atoms with E-state index in [2.05, 4.69) is 0 Å². The van der Waals surface area contributed by atoms with Gasteiger partial charge >= 0.3 is 10.1 Å². The lowest BCUT2D eigenvalue weighted by atomic mass is 10.1. The molecule has 0 bridgehead atoms. The van der Waals surface area contributed by atoms with Crippen LogP contribution in [0.2, 0.25) is 0 Å². The maximum Gasteiger partial charge on any atom is 0.339 e.